The molecule has 1 N–H and O–H groups in total. The molecule has 0 unspecified atom stereocenters. The van der Waals surface area contributed by atoms with E-state index in [-0.39, 0.29) is 18.6 Å². The first kappa shape index (κ1) is 14.8. The molecule has 2 heterocycles. The molecule has 0 atom stereocenters. The van der Waals surface area contributed by atoms with Crippen molar-refractivity contribution < 1.29 is 13.9 Å². The molecule has 1 saturated carbocycles. The van der Waals surface area contributed by atoms with Gasteiger partial charge in [-0.2, -0.15) is 0 Å². The molecule has 22 heavy (non-hydrogen) atoms. The number of furan rings is 1. The fourth-order valence-electron chi connectivity index (χ4n) is 2.91. The Morgan fingerprint density at radius 1 is 1.32 bits per heavy atom. The highest BCUT2D eigenvalue weighted by Crippen LogP contribution is 2.29. The molecule has 0 aliphatic heterocycles. The van der Waals surface area contributed by atoms with Crippen LogP contribution < -0.4 is 10.1 Å². The van der Waals surface area contributed by atoms with Gasteiger partial charge in [0.1, 0.15) is 17.5 Å². The van der Waals surface area contributed by atoms with Crippen LogP contribution in [0.2, 0.25) is 0 Å². The summed E-state index contributed by atoms with van der Waals surface area (Å²) in [6.07, 6.45) is 7.14. The number of nitrogens with zero attached hydrogens (tertiary/aromatic N) is 2. The molecule has 0 saturated heterocycles. The fourth-order valence-corrected chi connectivity index (χ4v) is 2.91. The van der Waals surface area contributed by atoms with Gasteiger partial charge >= 0.3 is 0 Å². The Morgan fingerprint density at radius 3 is 2.86 bits per heavy atom. The first-order valence-electron chi connectivity index (χ1n) is 7.78. The second-order valence-electron chi connectivity index (χ2n) is 5.83. The van der Waals surface area contributed by atoms with Crippen LogP contribution in [-0.4, -0.2) is 28.5 Å². The van der Waals surface area contributed by atoms with E-state index in [0.717, 1.165) is 29.6 Å². The molecular formula is C16H21N3O3. The Kier molecular flexibility index (Phi) is 4.27. The van der Waals surface area contributed by atoms with Gasteiger partial charge in [0.05, 0.1) is 0 Å². The lowest BCUT2D eigenvalue weighted by molar-refractivity contribution is -0.124. The molecule has 0 aromatic carbocycles. The molecule has 1 fully saturated rings. The van der Waals surface area contributed by atoms with Gasteiger partial charge in [-0.25, -0.2) is 9.97 Å². The summed E-state index contributed by atoms with van der Waals surface area (Å²) in [6.45, 7) is 3.77. The number of ether oxygens (including phenoxy) is 1. The summed E-state index contributed by atoms with van der Waals surface area (Å²) < 4.78 is 11.1. The highest BCUT2D eigenvalue weighted by Gasteiger charge is 2.18. The summed E-state index contributed by atoms with van der Waals surface area (Å²) in [5.74, 6) is 1.08. The molecule has 0 radical (unpaired) electrons. The van der Waals surface area contributed by atoms with E-state index in [0.29, 0.717) is 11.6 Å². The van der Waals surface area contributed by atoms with E-state index in [9.17, 15) is 4.79 Å². The normalized spacial score (nSPS) is 15.9. The van der Waals surface area contributed by atoms with Crippen LogP contribution in [0.3, 0.4) is 0 Å². The van der Waals surface area contributed by atoms with Crippen molar-refractivity contribution in [2.75, 3.05) is 6.61 Å². The first-order valence-corrected chi connectivity index (χ1v) is 7.78. The average molecular weight is 303 g/mol. The molecule has 118 valence electrons. The lowest BCUT2D eigenvalue weighted by Crippen LogP contribution is -2.39. The van der Waals surface area contributed by atoms with E-state index in [4.69, 9.17) is 9.15 Å². The van der Waals surface area contributed by atoms with Gasteiger partial charge in [-0.1, -0.05) is 19.3 Å². The number of rotatable bonds is 4. The predicted molar refractivity (Wildman–Crippen MR) is 81.8 cm³/mol. The maximum absolute atomic E-state index is 12.0. The predicted octanol–water partition coefficient (Wildman–Crippen LogP) is 2.67. The molecule has 3 rings (SSSR count). The average Bonchev–Trinajstić information content (AvgIpc) is 2.82. The SMILES string of the molecule is Cc1oc2ncnc(OCC(=O)NC3CCCCC3)c2c1C. The zero-order valence-electron chi connectivity index (χ0n) is 13.0. The van der Waals surface area contributed by atoms with Crippen molar-refractivity contribution in [1.82, 2.24) is 15.3 Å². The van der Waals surface area contributed by atoms with E-state index in [1.807, 2.05) is 13.8 Å². The van der Waals surface area contributed by atoms with Crippen LogP contribution in [0.1, 0.15) is 43.4 Å². The maximum Gasteiger partial charge on any atom is 0.258 e. The minimum Gasteiger partial charge on any atom is -0.467 e. The molecule has 2 aromatic rings. The number of carbonyl (C=O) groups excluding carboxylic acids is 1. The summed E-state index contributed by atoms with van der Waals surface area (Å²) in [6, 6.07) is 0.285. The van der Waals surface area contributed by atoms with E-state index in [2.05, 4.69) is 15.3 Å². The van der Waals surface area contributed by atoms with Crippen molar-refractivity contribution in [2.45, 2.75) is 52.0 Å². The van der Waals surface area contributed by atoms with Gasteiger partial charge in [-0.15, -0.1) is 0 Å². The number of aryl methyl sites for hydroxylation is 2. The van der Waals surface area contributed by atoms with Gasteiger partial charge < -0.3 is 14.5 Å². The number of nitrogens with one attached hydrogen (secondary N) is 1. The molecule has 0 spiro atoms. The van der Waals surface area contributed by atoms with Crippen LogP contribution in [0.4, 0.5) is 0 Å². The van der Waals surface area contributed by atoms with Crippen molar-refractivity contribution in [3.8, 4) is 5.88 Å². The van der Waals surface area contributed by atoms with Gasteiger partial charge in [0.25, 0.3) is 5.91 Å². The summed E-state index contributed by atoms with van der Waals surface area (Å²) in [5.41, 5.74) is 1.44. The monoisotopic (exact) mass is 303 g/mol. The molecule has 1 aliphatic carbocycles. The molecular weight excluding hydrogens is 282 g/mol. The molecule has 1 amide bonds. The molecule has 6 nitrogen and oxygen atoms in total. The molecule has 6 heteroatoms. The van der Waals surface area contributed by atoms with Crippen LogP contribution in [0, 0.1) is 13.8 Å². The number of fused-ring (bicyclic) bond motifs is 1. The van der Waals surface area contributed by atoms with E-state index >= 15 is 0 Å². The second-order valence-corrected chi connectivity index (χ2v) is 5.83. The van der Waals surface area contributed by atoms with Crippen molar-refractivity contribution in [1.29, 1.82) is 0 Å². The standard InChI is InChI=1S/C16H21N3O3/c1-10-11(2)22-16-14(10)15(17-9-18-16)21-8-13(20)19-12-6-4-3-5-7-12/h9,12H,3-8H2,1-2H3,(H,19,20). The number of aromatic nitrogens is 2. The highest BCUT2D eigenvalue weighted by atomic mass is 16.5. The minimum atomic E-state index is -0.100. The Bertz CT molecular complexity index is 675. The summed E-state index contributed by atoms with van der Waals surface area (Å²) in [4.78, 5) is 20.2. The number of hydrogen-bond acceptors (Lipinski definition) is 5. The van der Waals surface area contributed by atoms with Gasteiger partial charge in [0.2, 0.25) is 11.6 Å². The molecule has 2 aromatic heterocycles. The zero-order chi connectivity index (χ0) is 15.5. The molecule has 1 aliphatic rings. The quantitative estimate of drug-likeness (QED) is 0.939. The number of carbonyl (C=O) groups is 1. The van der Waals surface area contributed by atoms with Crippen molar-refractivity contribution in [2.24, 2.45) is 0 Å². The van der Waals surface area contributed by atoms with Gasteiger partial charge in [0.15, 0.2) is 6.61 Å². The van der Waals surface area contributed by atoms with Crippen molar-refractivity contribution in [3.05, 3.63) is 17.7 Å². The van der Waals surface area contributed by atoms with E-state index < -0.39 is 0 Å². The van der Waals surface area contributed by atoms with Crippen LogP contribution in [0.5, 0.6) is 5.88 Å². The van der Waals surface area contributed by atoms with Gasteiger partial charge in [-0.05, 0) is 26.7 Å². The van der Waals surface area contributed by atoms with Crippen LogP contribution in [-0.2, 0) is 4.79 Å². The van der Waals surface area contributed by atoms with E-state index in [1.165, 1.54) is 25.6 Å². The second kappa shape index (κ2) is 6.34. The lowest BCUT2D eigenvalue weighted by Gasteiger charge is -2.22. The maximum atomic E-state index is 12.0. The van der Waals surface area contributed by atoms with Crippen molar-refractivity contribution >= 4 is 17.0 Å². The van der Waals surface area contributed by atoms with Gasteiger partial charge in [0, 0.05) is 11.6 Å². The smallest absolute Gasteiger partial charge is 0.258 e. The largest absolute Gasteiger partial charge is 0.467 e. The third-order valence-corrected chi connectivity index (χ3v) is 4.24. The third-order valence-electron chi connectivity index (χ3n) is 4.24. The summed E-state index contributed by atoms with van der Waals surface area (Å²) in [7, 11) is 0. The Hall–Kier alpha value is -2.11. The fraction of sp³-hybridized carbons (Fsp3) is 0.562. The Labute approximate surface area is 129 Å². The first-order chi connectivity index (χ1) is 10.6. The number of hydrogen-bond donors (Lipinski definition) is 1. The Balaban J connectivity index is 1.65. The topological polar surface area (TPSA) is 77.2 Å². The van der Waals surface area contributed by atoms with Crippen LogP contribution in [0.25, 0.3) is 11.1 Å². The number of amides is 1. The molecule has 0 bridgehead atoms. The highest BCUT2D eigenvalue weighted by molar-refractivity contribution is 5.84. The van der Waals surface area contributed by atoms with Crippen molar-refractivity contribution in [3.63, 3.8) is 0 Å². The van der Waals surface area contributed by atoms with Crippen LogP contribution >= 0.6 is 0 Å². The van der Waals surface area contributed by atoms with Crippen LogP contribution in [0.15, 0.2) is 10.7 Å². The van der Waals surface area contributed by atoms with Gasteiger partial charge in [-0.3, -0.25) is 4.79 Å². The Morgan fingerprint density at radius 2 is 2.09 bits per heavy atom. The zero-order valence-corrected chi connectivity index (χ0v) is 13.0. The summed E-state index contributed by atoms with van der Waals surface area (Å²) >= 11 is 0. The minimum absolute atomic E-state index is 0.0354. The summed E-state index contributed by atoms with van der Waals surface area (Å²) in [5, 5.41) is 3.77. The third kappa shape index (κ3) is 3.05. The lowest BCUT2D eigenvalue weighted by atomic mass is 9.95. The van der Waals surface area contributed by atoms with E-state index in [1.54, 1.807) is 0 Å².